The van der Waals surface area contributed by atoms with E-state index in [2.05, 4.69) is 0 Å². The lowest BCUT2D eigenvalue weighted by atomic mass is 9.96. The Hall–Kier alpha value is -4.46. The summed E-state index contributed by atoms with van der Waals surface area (Å²) in [7, 11) is 0. The average molecular weight is 501 g/mol. The number of carboxylic acid groups (broad SMARTS) is 1. The highest BCUT2D eigenvalue weighted by molar-refractivity contribution is 6.05. The lowest BCUT2D eigenvalue weighted by molar-refractivity contribution is -0.139. The molecule has 0 unspecified atom stereocenters. The van der Waals surface area contributed by atoms with Crippen LogP contribution in [-0.4, -0.2) is 52.8 Å². The number of nitrogens with two attached hydrogens (primary N) is 1. The number of ether oxygens (including phenoxy) is 1. The number of Topliss-reactive ketones (excluding diaryl/α,β-unsaturated/α-hetero) is 1. The first-order valence-electron chi connectivity index (χ1n) is 12.1. The van der Waals surface area contributed by atoms with Crippen LogP contribution in [0.1, 0.15) is 55.0 Å². The highest BCUT2D eigenvalue weighted by Crippen LogP contribution is 2.27. The standard InChI is InChI=1S/C29H28N2O6/c30-28(35)20-10-12-21(13-11-20)29(36)31-16-4-7-24(31)27(34)23-14-15-25(37-18-26(32)33)22(17-23)9-8-19-5-2-1-3-6-19/h1-3,5-6,10-15,17,24H,4,7-9,16,18H2,(H2,30,35)(H,32,33)/t24-/m1/s1. The second-order valence-electron chi connectivity index (χ2n) is 8.95. The van der Waals surface area contributed by atoms with Gasteiger partial charge in [0.2, 0.25) is 5.91 Å². The minimum absolute atomic E-state index is 0.176. The Bertz CT molecular complexity index is 1300. The summed E-state index contributed by atoms with van der Waals surface area (Å²) < 4.78 is 5.48. The molecule has 0 bridgehead atoms. The third-order valence-electron chi connectivity index (χ3n) is 6.45. The molecule has 8 heteroatoms. The maximum Gasteiger partial charge on any atom is 0.341 e. The van der Waals surface area contributed by atoms with Crippen molar-refractivity contribution >= 4 is 23.6 Å². The smallest absolute Gasteiger partial charge is 0.341 e. The zero-order valence-electron chi connectivity index (χ0n) is 20.3. The lowest BCUT2D eigenvalue weighted by Crippen LogP contribution is -2.40. The van der Waals surface area contributed by atoms with Gasteiger partial charge in [0.1, 0.15) is 5.75 Å². The Morgan fingerprint density at radius 1 is 0.892 bits per heavy atom. The summed E-state index contributed by atoms with van der Waals surface area (Å²) in [5.41, 5.74) is 8.25. The van der Waals surface area contributed by atoms with Gasteiger partial charge in [0, 0.05) is 23.2 Å². The number of carbonyl (C=O) groups excluding carboxylic acids is 3. The molecule has 37 heavy (non-hydrogen) atoms. The lowest BCUT2D eigenvalue weighted by Gasteiger charge is -2.24. The second-order valence-corrected chi connectivity index (χ2v) is 8.95. The molecule has 1 aliphatic rings. The van der Waals surface area contributed by atoms with Crippen LogP contribution in [0.3, 0.4) is 0 Å². The van der Waals surface area contributed by atoms with E-state index >= 15 is 0 Å². The van der Waals surface area contributed by atoms with E-state index in [0.29, 0.717) is 54.7 Å². The summed E-state index contributed by atoms with van der Waals surface area (Å²) in [6, 6.07) is 20.3. The number of likely N-dealkylation sites (tertiary alicyclic amines) is 1. The fourth-order valence-corrected chi connectivity index (χ4v) is 4.55. The van der Waals surface area contributed by atoms with Crippen LogP contribution in [0.25, 0.3) is 0 Å². The van der Waals surface area contributed by atoms with Gasteiger partial charge in [-0.1, -0.05) is 30.3 Å². The fourth-order valence-electron chi connectivity index (χ4n) is 4.55. The van der Waals surface area contributed by atoms with Crippen LogP contribution in [0.5, 0.6) is 5.75 Å². The number of rotatable bonds is 10. The molecule has 4 rings (SSSR count). The summed E-state index contributed by atoms with van der Waals surface area (Å²) >= 11 is 0. The largest absolute Gasteiger partial charge is 0.482 e. The van der Waals surface area contributed by atoms with E-state index in [1.54, 1.807) is 35.2 Å². The van der Waals surface area contributed by atoms with Gasteiger partial charge < -0.3 is 20.5 Å². The molecule has 190 valence electrons. The first-order valence-corrected chi connectivity index (χ1v) is 12.1. The predicted octanol–water partition coefficient (Wildman–Crippen LogP) is 3.52. The van der Waals surface area contributed by atoms with Gasteiger partial charge in [-0.05, 0) is 79.3 Å². The summed E-state index contributed by atoms with van der Waals surface area (Å²) in [4.78, 5) is 50.7. The van der Waals surface area contributed by atoms with Crippen molar-refractivity contribution in [3.05, 3.63) is 101 Å². The average Bonchev–Trinajstić information content (AvgIpc) is 3.40. The van der Waals surface area contributed by atoms with Crippen LogP contribution in [-0.2, 0) is 17.6 Å². The normalized spacial score (nSPS) is 14.8. The molecule has 0 aliphatic carbocycles. The van der Waals surface area contributed by atoms with Gasteiger partial charge in [-0.2, -0.15) is 0 Å². The quantitative estimate of drug-likeness (QED) is 0.410. The third-order valence-corrected chi connectivity index (χ3v) is 6.45. The van der Waals surface area contributed by atoms with Crippen molar-refractivity contribution in [3.63, 3.8) is 0 Å². The summed E-state index contributed by atoms with van der Waals surface area (Å²) in [6.07, 6.45) is 2.49. The summed E-state index contributed by atoms with van der Waals surface area (Å²) in [6.45, 7) is -0.0292. The molecule has 2 amide bonds. The Morgan fingerprint density at radius 2 is 1.57 bits per heavy atom. The van der Waals surface area contributed by atoms with Gasteiger partial charge in [0.25, 0.3) is 5.91 Å². The minimum atomic E-state index is -1.09. The molecule has 8 nitrogen and oxygen atoms in total. The van der Waals surface area contributed by atoms with Crippen LogP contribution in [0, 0.1) is 0 Å². The first kappa shape index (κ1) is 25.6. The van der Waals surface area contributed by atoms with Crippen molar-refractivity contribution in [1.29, 1.82) is 0 Å². The number of primary amides is 1. The van der Waals surface area contributed by atoms with Crippen molar-refractivity contribution in [2.45, 2.75) is 31.7 Å². The molecule has 3 N–H and O–H groups in total. The van der Waals surface area contributed by atoms with Crippen LogP contribution < -0.4 is 10.5 Å². The second kappa shape index (κ2) is 11.5. The molecular formula is C29H28N2O6. The van der Waals surface area contributed by atoms with Crippen LogP contribution in [0.15, 0.2) is 72.8 Å². The zero-order valence-corrected chi connectivity index (χ0v) is 20.3. The molecule has 0 radical (unpaired) electrons. The predicted molar refractivity (Wildman–Crippen MR) is 137 cm³/mol. The van der Waals surface area contributed by atoms with E-state index in [4.69, 9.17) is 15.6 Å². The Kier molecular flexibility index (Phi) is 7.98. The van der Waals surface area contributed by atoms with Gasteiger partial charge >= 0.3 is 5.97 Å². The molecule has 1 heterocycles. The minimum Gasteiger partial charge on any atom is -0.482 e. The van der Waals surface area contributed by atoms with E-state index in [9.17, 15) is 19.2 Å². The maximum absolute atomic E-state index is 13.6. The van der Waals surface area contributed by atoms with Crippen molar-refractivity contribution in [2.75, 3.05) is 13.2 Å². The number of ketones is 1. The Balaban J connectivity index is 1.55. The number of aryl methyl sites for hydroxylation is 2. The molecule has 1 aliphatic heterocycles. The maximum atomic E-state index is 13.6. The van der Waals surface area contributed by atoms with Crippen molar-refractivity contribution in [2.24, 2.45) is 5.73 Å². The number of carbonyl (C=O) groups is 4. The molecule has 3 aromatic carbocycles. The number of aliphatic carboxylic acids is 1. The summed E-state index contributed by atoms with van der Waals surface area (Å²) in [5, 5.41) is 9.04. The molecule has 0 aromatic heterocycles. The van der Waals surface area contributed by atoms with Crippen molar-refractivity contribution in [3.8, 4) is 5.75 Å². The van der Waals surface area contributed by atoms with Gasteiger partial charge in [0.15, 0.2) is 12.4 Å². The topological polar surface area (TPSA) is 127 Å². The highest BCUT2D eigenvalue weighted by atomic mass is 16.5. The number of hydrogen-bond donors (Lipinski definition) is 2. The number of benzene rings is 3. The van der Waals surface area contributed by atoms with Crippen LogP contribution in [0.2, 0.25) is 0 Å². The van der Waals surface area contributed by atoms with Gasteiger partial charge in [-0.25, -0.2) is 4.79 Å². The Labute approximate surface area is 214 Å². The zero-order chi connectivity index (χ0) is 26.4. The molecule has 0 saturated carbocycles. The van der Waals surface area contributed by atoms with E-state index in [-0.39, 0.29) is 11.7 Å². The van der Waals surface area contributed by atoms with Crippen LogP contribution >= 0.6 is 0 Å². The summed E-state index contributed by atoms with van der Waals surface area (Å²) in [5.74, 6) is -1.70. The van der Waals surface area contributed by atoms with Crippen molar-refractivity contribution in [1.82, 2.24) is 4.90 Å². The van der Waals surface area contributed by atoms with Gasteiger partial charge in [0.05, 0.1) is 6.04 Å². The molecule has 0 spiro atoms. The van der Waals surface area contributed by atoms with Crippen LogP contribution in [0.4, 0.5) is 0 Å². The van der Waals surface area contributed by atoms with Crippen molar-refractivity contribution < 1.29 is 29.0 Å². The molecule has 1 atom stereocenters. The highest BCUT2D eigenvalue weighted by Gasteiger charge is 2.35. The molecule has 1 saturated heterocycles. The molecule has 1 fully saturated rings. The van der Waals surface area contributed by atoms with Gasteiger partial charge in [-0.3, -0.25) is 14.4 Å². The monoisotopic (exact) mass is 500 g/mol. The van der Waals surface area contributed by atoms with E-state index in [1.165, 1.54) is 12.1 Å². The number of nitrogens with zero attached hydrogens (tertiary/aromatic N) is 1. The number of hydrogen-bond acceptors (Lipinski definition) is 5. The first-order chi connectivity index (χ1) is 17.8. The number of amides is 2. The number of carboxylic acids is 1. The van der Waals surface area contributed by atoms with E-state index in [0.717, 1.165) is 11.1 Å². The Morgan fingerprint density at radius 3 is 2.24 bits per heavy atom. The third kappa shape index (κ3) is 6.22. The van der Waals surface area contributed by atoms with E-state index < -0.39 is 24.5 Å². The van der Waals surface area contributed by atoms with E-state index in [1.807, 2.05) is 30.3 Å². The molecule has 3 aromatic rings. The van der Waals surface area contributed by atoms with Gasteiger partial charge in [-0.15, -0.1) is 0 Å². The SMILES string of the molecule is NC(=O)c1ccc(C(=O)N2CCC[C@@H]2C(=O)c2ccc(OCC(=O)O)c(CCc3ccccc3)c2)cc1. The molecular weight excluding hydrogens is 472 g/mol. The fraction of sp³-hybridized carbons (Fsp3) is 0.241.